The van der Waals surface area contributed by atoms with Crippen LogP contribution in [0.3, 0.4) is 0 Å². The minimum Gasteiger partial charge on any atom is -0.493 e. The molecular weight excluding hydrogens is 226 g/mol. The molecule has 0 atom stereocenters. The van der Waals surface area contributed by atoms with E-state index in [0.717, 1.165) is 25.1 Å². The van der Waals surface area contributed by atoms with Gasteiger partial charge in [-0.05, 0) is 25.3 Å². The van der Waals surface area contributed by atoms with E-state index in [1.165, 1.54) is 11.1 Å². The van der Waals surface area contributed by atoms with Crippen LogP contribution in [0.15, 0.2) is 18.2 Å². The summed E-state index contributed by atoms with van der Waals surface area (Å²) in [5.41, 5.74) is 2.37. The van der Waals surface area contributed by atoms with E-state index in [4.69, 9.17) is 9.84 Å². The van der Waals surface area contributed by atoms with Crippen molar-refractivity contribution in [2.24, 2.45) is 0 Å². The summed E-state index contributed by atoms with van der Waals surface area (Å²) in [6.07, 6.45) is 1.69. The van der Waals surface area contributed by atoms with Crippen molar-refractivity contribution in [3.8, 4) is 5.75 Å². The van der Waals surface area contributed by atoms with Crippen molar-refractivity contribution in [1.82, 2.24) is 5.32 Å². The van der Waals surface area contributed by atoms with Gasteiger partial charge in [0.2, 0.25) is 0 Å². The zero-order chi connectivity index (χ0) is 13.4. The van der Waals surface area contributed by atoms with E-state index in [-0.39, 0.29) is 6.61 Å². The summed E-state index contributed by atoms with van der Waals surface area (Å²) >= 11 is 0. The average molecular weight is 251 g/mol. The van der Waals surface area contributed by atoms with Gasteiger partial charge in [-0.3, -0.25) is 0 Å². The quantitative estimate of drug-likeness (QED) is 0.698. The molecule has 0 amide bonds. The Bertz CT molecular complexity index is 350. The molecule has 0 aliphatic heterocycles. The van der Waals surface area contributed by atoms with Gasteiger partial charge in [0.1, 0.15) is 5.75 Å². The number of ether oxygens (including phenoxy) is 1. The molecule has 0 bridgehead atoms. The number of aliphatic hydroxyl groups is 1. The molecule has 0 spiro atoms. The number of para-hydroxylation sites is 1. The normalized spacial score (nSPS) is 10.9. The number of benzene rings is 1. The molecule has 102 valence electrons. The summed E-state index contributed by atoms with van der Waals surface area (Å²) in [7, 11) is 0. The predicted octanol–water partition coefficient (Wildman–Crippen LogP) is 2.64. The van der Waals surface area contributed by atoms with E-state index in [9.17, 15) is 0 Å². The number of aliphatic hydroxyl groups excluding tert-OH is 1. The smallest absolute Gasteiger partial charge is 0.126 e. The first-order chi connectivity index (χ1) is 8.65. The van der Waals surface area contributed by atoms with E-state index in [2.05, 4.69) is 44.3 Å². The van der Waals surface area contributed by atoms with Crippen LogP contribution in [0, 0.1) is 6.92 Å². The molecule has 0 aliphatic carbocycles. The number of hydrogen-bond donors (Lipinski definition) is 2. The highest BCUT2D eigenvalue weighted by molar-refractivity contribution is 5.40. The summed E-state index contributed by atoms with van der Waals surface area (Å²) in [4.78, 5) is 0. The minimum atomic E-state index is 0.235. The summed E-state index contributed by atoms with van der Waals surface area (Å²) in [6.45, 7) is 8.07. The van der Waals surface area contributed by atoms with E-state index >= 15 is 0 Å². The number of unbranched alkanes of at least 4 members (excludes halogenated alkanes) is 1. The van der Waals surface area contributed by atoms with Crippen molar-refractivity contribution >= 4 is 0 Å². The van der Waals surface area contributed by atoms with E-state index in [1.807, 2.05) is 0 Å². The predicted molar refractivity (Wildman–Crippen MR) is 75.0 cm³/mol. The summed E-state index contributed by atoms with van der Waals surface area (Å²) in [5, 5.41) is 12.2. The Kier molecular flexibility index (Phi) is 6.76. The third-order valence-corrected chi connectivity index (χ3v) is 2.79. The van der Waals surface area contributed by atoms with Crippen molar-refractivity contribution in [1.29, 1.82) is 0 Å². The number of hydrogen-bond acceptors (Lipinski definition) is 3. The van der Waals surface area contributed by atoms with Crippen LogP contribution < -0.4 is 10.1 Å². The molecule has 0 aliphatic rings. The van der Waals surface area contributed by atoms with Gasteiger partial charge in [0.05, 0.1) is 6.61 Å². The summed E-state index contributed by atoms with van der Waals surface area (Å²) < 4.78 is 5.85. The molecule has 2 N–H and O–H groups in total. The maximum absolute atomic E-state index is 8.75. The maximum Gasteiger partial charge on any atom is 0.126 e. The fourth-order valence-corrected chi connectivity index (χ4v) is 1.76. The zero-order valence-corrected chi connectivity index (χ0v) is 11.7. The fraction of sp³-hybridized carbons (Fsp3) is 0.600. The Morgan fingerprint density at radius 2 is 2.06 bits per heavy atom. The largest absolute Gasteiger partial charge is 0.493 e. The third-order valence-electron chi connectivity index (χ3n) is 2.79. The first kappa shape index (κ1) is 15.0. The van der Waals surface area contributed by atoms with E-state index in [1.54, 1.807) is 0 Å². The highest BCUT2D eigenvalue weighted by atomic mass is 16.5. The summed E-state index contributed by atoms with van der Waals surface area (Å²) in [6, 6.07) is 6.70. The molecule has 0 fully saturated rings. The lowest BCUT2D eigenvalue weighted by Crippen LogP contribution is -2.22. The highest BCUT2D eigenvalue weighted by Crippen LogP contribution is 2.23. The van der Waals surface area contributed by atoms with Crippen LogP contribution in [0.4, 0.5) is 0 Å². The molecular formula is C15H25NO2. The Morgan fingerprint density at radius 3 is 2.72 bits per heavy atom. The molecule has 18 heavy (non-hydrogen) atoms. The first-order valence-electron chi connectivity index (χ1n) is 6.70. The van der Waals surface area contributed by atoms with Gasteiger partial charge in [-0.1, -0.05) is 32.0 Å². The van der Waals surface area contributed by atoms with Crippen molar-refractivity contribution in [2.45, 2.75) is 46.2 Å². The molecule has 3 heteroatoms. The van der Waals surface area contributed by atoms with Crippen LogP contribution >= 0.6 is 0 Å². The summed E-state index contributed by atoms with van der Waals surface area (Å²) in [5.74, 6) is 0.989. The zero-order valence-electron chi connectivity index (χ0n) is 11.7. The molecule has 1 aromatic rings. The highest BCUT2D eigenvalue weighted by Gasteiger charge is 2.07. The molecule has 1 rings (SSSR count). The van der Waals surface area contributed by atoms with E-state index < -0.39 is 0 Å². The van der Waals surface area contributed by atoms with Gasteiger partial charge >= 0.3 is 0 Å². The van der Waals surface area contributed by atoms with Gasteiger partial charge in [-0.25, -0.2) is 0 Å². The van der Waals surface area contributed by atoms with Gasteiger partial charge in [-0.2, -0.15) is 0 Å². The van der Waals surface area contributed by atoms with Crippen molar-refractivity contribution < 1.29 is 9.84 Å². The van der Waals surface area contributed by atoms with Gasteiger partial charge in [-0.15, -0.1) is 0 Å². The van der Waals surface area contributed by atoms with Crippen LogP contribution in [0.2, 0.25) is 0 Å². The second kappa shape index (κ2) is 8.11. The number of aryl methyl sites for hydroxylation is 1. The number of rotatable bonds is 8. The molecule has 3 nitrogen and oxygen atoms in total. The monoisotopic (exact) mass is 251 g/mol. The molecule has 0 aromatic heterocycles. The molecule has 1 aromatic carbocycles. The first-order valence-corrected chi connectivity index (χ1v) is 6.70. The van der Waals surface area contributed by atoms with Gasteiger partial charge in [0.25, 0.3) is 0 Å². The molecule has 0 saturated heterocycles. The molecule has 0 saturated carbocycles. The Labute approximate surface area is 110 Å². The lowest BCUT2D eigenvalue weighted by molar-refractivity contribution is 0.251. The van der Waals surface area contributed by atoms with Gasteiger partial charge in [0, 0.05) is 24.8 Å². The number of nitrogens with one attached hydrogen (secondary N) is 1. The van der Waals surface area contributed by atoms with Crippen LogP contribution in [0.25, 0.3) is 0 Å². The lowest BCUT2D eigenvalue weighted by Gasteiger charge is -2.15. The van der Waals surface area contributed by atoms with Crippen molar-refractivity contribution in [3.05, 3.63) is 29.3 Å². The molecule has 0 unspecified atom stereocenters. The Hall–Kier alpha value is -1.06. The van der Waals surface area contributed by atoms with Crippen LogP contribution in [-0.2, 0) is 6.54 Å². The van der Waals surface area contributed by atoms with E-state index in [0.29, 0.717) is 12.6 Å². The second-order valence-corrected chi connectivity index (χ2v) is 4.88. The lowest BCUT2D eigenvalue weighted by atomic mass is 10.1. The fourth-order valence-electron chi connectivity index (χ4n) is 1.76. The van der Waals surface area contributed by atoms with Gasteiger partial charge < -0.3 is 15.2 Å². The third kappa shape index (κ3) is 5.07. The Morgan fingerprint density at radius 1 is 1.28 bits per heavy atom. The van der Waals surface area contributed by atoms with Crippen LogP contribution in [-0.4, -0.2) is 24.4 Å². The van der Waals surface area contributed by atoms with Crippen molar-refractivity contribution in [2.75, 3.05) is 13.2 Å². The SMILES string of the molecule is Cc1cccc(CNC(C)C)c1OCCCCO. The molecule has 0 heterocycles. The van der Waals surface area contributed by atoms with Crippen molar-refractivity contribution in [3.63, 3.8) is 0 Å². The van der Waals surface area contributed by atoms with Crippen LogP contribution in [0.5, 0.6) is 5.75 Å². The van der Waals surface area contributed by atoms with Crippen LogP contribution in [0.1, 0.15) is 37.8 Å². The minimum absolute atomic E-state index is 0.235. The second-order valence-electron chi connectivity index (χ2n) is 4.88. The topological polar surface area (TPSA) is 41.5 Å². The Balaban J connectivity index is 2.62. The maximum atomic E-state index is 8.75. The molecule has 0 radical (unpaired) electrons. The average Bonchev–Trinajstić information content (AvgIpc) is 2.34. The standard InChI is InChI=1S/C15H25NO2/c1-12(2)16-11-14-8-6-7-13(3)15(14)18-10-5-4-9-17/h6-8,12,16-17H,4-5,9-11H2,1-3H3. The van der Waals surface area contributed by atoms with Gasteiger partial charge in [0.15, 0.2) is 0 Å².